The largest absolute Gasteiger partial charge is 0.458 e. The lowest BCUT2D eigenvalue weighted by molar-refractivity contribution is -0.110. The fourth-order valence-corrected chi connectivity index (χ4v) is 3.71. The fourth-order valence-electron chi connectivity index (χ4n) is 3.71. The van der Waals surface area contributed by atoms with E-state index in [1.807, 2.05) is 0 Å². The molecule has 156 valence electrons. The van der Waals surface area contributed by atoms with E-state index in [2.05, 4.69) is 15.6 Å². The first-order valence-electron chi connectivity index (χ1n) is 8.96. The van der Waals surface area contributed by atoms with Crippen molar-refractivity contribution in [2.24, 2.45) is 11.8 Å². The molecule has 2 unspecified atom stereocenters. The predicted molar refractivity (Wildman–Crippen MR) is 91.4 cm³/mol. The van der Waals surface area contributed by atoms with Gasteiger partial charge in [-0.1, -0.05) is 0 Å². The molecule has 1 saturated carbocycles. The van der Waals surface area contributed by atoms with E-state index in [4.69, 9.17) is 9.57 Å². The van der Waals surface area contributed by atoms with E-state index < -0.39 is 18.1 Å². The Balaban J connectivity index is 1.42. The maximum atomic E-state index is 12.9. The number of carbonyl (C=O) groups is 1. The maximum Gasteiger partial charge on any atom is 0.446 e. The molecule has 8 nitrogen and oxygen atoms in total. The minimum absolute atomic E-state index is 0.00768. The van der Waals surface area contributed by atoms with Crippen molar-refractivity contribution in [3.8, 4) is 5.75 Å². The molecule has 1 amide bonds. The number of piperidine rings is 1. The molecule has 2 bridgehead atoms. The topological polar surface area (TPSA) is 81.0 Å². The van der Waals surface area contributed by atoms with Gasteiger partial charge in [-0.25, -0.2) is 9.31 Å². The van der Waals surface area contributed by atoms with Crippen LogP contribution < -0.4 is 10.2 Å². The van der Waals surface area contributed by atoms with Crippen molar-refractivity contribution in [1.82, 2.24) is 19.5 Å². The molecule has 2 aromatic heterocycles. The molecular formula is C17H17F4N5O3. The zero-order chi connectivity index (χ0) is 20.6. The number of fused-ring (bicyclic) bond motifs is 3. The lowest BCUT2D eigenvalue weighted by Crippen LogP contribution is -2.41. The van der Waals surface area contributed by atoms with Crippen molar-refractivity contribution in [2.75, 3.05) is 18.6 Å². The normalized spacial score (nSPS) is 22.1. The molecule has 1 aliphatic carbocycles. The van der Waals surface area contributed by atoms with Gasteiger partial charge in [-0.2, -0.15) is 28.0 Å². The van der Waals surface area contributed by atoms with E-state index in [9.17, 15) is 22.4 Å². The molecule has 2 aromatic rings. The zero-order valence-corrected chi connectivity index (χ0v) is 15.0. The van der Waals surface area contributed by atoms with E-state index in [1.165, 1.54) is 22.8 Å². The molecule has 4 rings (SSSR count). The minimum atomic E-state index is -5.15. The van der Waals surface area contributed by atoms with Gasteiger partial charge in [0.25, 0.3) is 5.95 Å². The van der Waals surface area contributed by atoms with Crippen molar-refractivity contribution in [3.63, 3.8) is 0 Å². The lowest BCUT2D eigenvalue weighted by Gasteiger charge is -2.30. The van der Waals surface area contributed by atoms with Crippen LogP contribution in [-0.4, -0.2) is 44.9 Å². The number of allylic oxidation sites excluding steroid dienone is 1. The van der Waals surface area contributed by atoms with E-state index in [0.717, 1.165) is 19.3 Å². The molecule has 1 N–H and O–H groups in total. The molecule has 2 aliphatic rings. The molecule has 2 fully saturated rings. The summed E-state index contributed by atoms with van der Waals surface area (Å²) in [6, 6.07) is 2.72. The molecule has 3 heterocycles. The average Bonchev–Trinajstić information content (AvgIpc) is 3.25. The van der Waals surface area contributed by atoms with Gasteiger partial charge in [0, 0.05) is 19.3 Å². The summed E-state index contributed by atoms with van der Waals surface area (Å²) in [5, 5.41) is 3.99. The number of pyridine rings is 1. The van der Waals surface area contributed by atoms with Gasteiger partial charge >= 0.3 is 12.3 Å². The van der Waals surface area contributed by atoms with Crippen LogP contribution in [0.15, 0.2) is 30.4 Å². The number of anilines is 1. The summed E-state index contributed by atoms with van der Waals surface area (Å²) in [6.45, 7) is 1.29. The summed E-state index contributed by atoms with van der Waals surface area (Å²) in [5.41, 5.74) is 2.35. The predicted octanol–water partition coefficient (Wildman–Crippen LogP) is 3.68. The number of nitrogens with zero attached hydrogens (tertiary/aromatic N) is 4. The minimum Gasteiger partial charge on any atom is -0.458 e. The number of alkyl halides is 3. The van der Waals surface area contributed by atoms with Crippen molar-refractivity contribution in [3.05, 3.63) is 30.4 Å². The van der Waals surface area contributed by atoms with Gasteiger partial charge in [0.1, 0.15) is 6.26 Å². The third-order valence-electron chi connectivity index (χ3n) is 4.98. The Labute approximate surface area is 162 Å². The number of likely N-dealkylation sites (tertiary alicyclic amines) is 1. The van der Waals surface area contributed by atoms with Gasteiger partial charge in [0.05, 0.1) is 0 Å². The van der Waals surface area contributed by atoms with Gasteiger partial charge in [-0.3, -0.25) is 0 Å². The van der Waals surface area contributed by atoms with E-state index in [-0.39, 0.29) is 23.6 Å². The Kier molecular flexibility index (Phi) is 4.92. The number of aromatic nitrogens is 3. The number of rotatable bonds is 4. The second-order valence-electron chi connectivity index (χ2n) is 7.08. The second kappa shape index (κ2) is 7.41. The van der Waals surface area contributed by atoms with E-state index in [1.54, 1.807) is 4.90 Å². The zero-order valence-electron chi connectivity index (χ0n) is 15.0. The third-order valence-corrected chi connectivity index (χ3v) is 4.98. The van der Waals surface area contributed by atoms with Gasteiger partial charge in [-0.15, -0.1) is 5.10 Å². The number of nitrogens with one attached hydrogen (secondary N) is 1. The van der Waals surface area contributed by atoms with Crippen LogP contribution in [0.4, 0.5) is 28.3 Å². The van der Waals surface area contributed by atoms with Crippen LogP contribution in [-0.2, 0) is 4.84 Å². The quantitative estimate of drug-likeness (QED) is 0.466. The third kappa shape index (κ3) is 4.20. The highest BCUT2D eigenvalue weighted by Crippen LogP contribution is 2.36. The smallest absolute Gasteiger partial charge is 0.446 e. The summed E-state index contributed by atoms with van der Waals surface area (Å²) in [6.07, 6.45) is -0.933. The Morgan fingerprint density at radius 1 is 1.28 bits per heavy atom. The molecule has 29 heavy (non-hydrogen) atoms. The van der Waals surface area contributed by atoms with Crippen LogP contribution in [0.25, 0.3) is 5.65 Å². The van der Waals surface area contributed by atoms with Gasteiger partial charge in [-0.05, 0) is 43.2 Å². The van der Waals surface area contributed by atoms with E-state index >= 15 is 0 Å². The maximum absolute atomic E-state index is 12.9. The van der Waals surface area contributed by atoms with Gasteiger partial charge < -0.3 is 14.5 Å². The number of halogens is 4. The molecule has 1 saturated heterocycles. The van der Waals surface area contributed by atoms with Crippen LogP contribution in [0.3, 0.4) is 0 Å². The molecule has 0 aromatic carbocycles. The van der Waals surface area contributed by atoms with Crippen molar-refractivity contribution in [1.29, 1.82) is 0 Å². The van der Waals surface area contributed by atoms with Crippen LogP contribution >= 0.6 is 0 Å². The first kappa shape index (κ1) is 19.3. The lowest BCUT2D eigenvalue weighted by atomic mass is 9.99. The summed E-state index contributed by atoms with van der Waals surface area (Å²) in [5.74, 6) is -1.65. The second-order valence-corrected chi connectivity index (χ2v) is 7.08. The SMILES string of the molecule is O=C(ONc1nc2c(O/C=C(\F)C(F)(F)F)cccn2n1)N1CC2CCC(C2)C1. The Morgan fingerprint density at radius 2 is 2.00 bits per heavy atom. The van der Waals surface area contributed by atoms with Crippen molar-refractivity contribution >= 4 is 17.7 Å². The average molecular weight is 415 g/mol. The summed E-state index contributed by atoms with van der Waals surface area (Å²) < 4.78 is 55.6. The van der Waals surface area contributed by atoms with Crippen molar-refractivity contribution in [2.45, 2.75) is 25.4 Å². The number of ether oxygens (including phenoxy) is 1. The highest BCUT2D eigenvalue weighted by atomic mass is 19.4. The Morgan fingerprint density at radius 3 is 2.69 bits per heavy atom. The molecule has 12 heteroatoms. The summed E-state index contributed by atoms with van der Waals surface area (Å²) in [7, 11) is 0. The fraction of sp³-hybridized carbons (Fsp3) is 0.471. The molecular weight excluding hydrogens is 398 g/mol. The standard InChI is InChI=1S/C17H17F4N5O3/c18-13(17(19,20)21)9-28-12-2-1-5-26-14(12)22-15(23-26)24-29-16(27)25-7-10-3-4-11(6-10)8-25/h1-2,5,9-11H,3-4,6-8H2,(H,23,24)/b13-9-. The Bertz CT molecular complexity index is 933. The number of hydrogen-bond donors (Lipinski definition) is 1. The van der Waals surface area contributed by atoms with Gasteiger partial charge in [0.2, 0.25) is 5.83 Å². The monoisotopic (exact) mass is 415 g/mol. The number of amides is 1. The van der Waals surface area contributed by atoms with Crippen LogP contribution in [0, 0.1) is 11.8 Å². The first-order chi connectivity index (χ1) is 13.8. The summed E-state index contributed by atoms with van der Waals surface area (Å²) in [4.78, 5) is 22.9. The van der Waals surface area contributed by atoms with Crippen LogP contribution in [0.1, 0.15) is 19.3 Å². The van der Waals surface area contributed by atoms with Gasteiger partial charge in [0.15, 0.2) is 11.4 Å². The molecule has 0 spiro atoms. The molecule has 0 radical (unpaired) electrons. The van der Waals surface area contributed by atoms with E-state index in [0.29, 0.717) is 24.9 Å². The highest BCUT2D eigenvalue weighted by Gasteiger charge is 2.36. The Hall–Kier alpha value is -3.05. The van der Waals surface area contributed by atoms with Crippen LogP contribution in [0.2, 0.25) is 0 Å². The molecule has 1 aliphatic heterocycles. The number of carbonyl (C=O) groups excluding carboxylic acids is 1. The molecule has 2 atom stereocenters. The highest BCUT2D eigenvalue weighted by molar-refractivity contribution is 5.68. The van der Waals surface area contributed by atoms with Crippen LogP contribution in [0.5, 0.6) is 5.75 Å². The summed E-state index contributed by atoms with van der Waals surface area (Å²) >= 11 is 0. The number of hydrogen-bond acceptors (Lipinski definition) is 6. The first-order valence-corrected chi connectivity index (χ1v) is 8.96. The van der Waals surface area contributed by atoms with Crippen molar-refractivity contribution < 1.29 is 31.9 Å².